The highest BCUT2D eigenvalue weighted by molar-refractivity contribution is 6.51. The lowest BCUT2D eigenvalue weighted by molar-refractivity contribution is -0.115. The van der Waals surface area contributed by atoms with Gasteiger partial charge >= 0.3 is 7.12 Å². The standard InChI is InChI=1S/C19H15BN2O3/c23-19(22-17-4-3-16-12-21-8-6-15(16)11-17)10-13-1-2-14-5-7-20(24)25-18(14)9-13/h1-9,11-12,24H,10H2,(H,22,23). The number of fused-ring (bicyclic) bond motifs is 2. The second-order valence-corrected chi connectivity index (χ2v) is 5.90. The van der Waals surface area contributed by atoms with Crippen LogP contribution in [-0.2, 0) is 11.2 Å². The average molecular weight is 330 g/mol. The van der Waals surface area contributed by atoms with Gasteiger partial charge in [-0.25, -0.2) is 0 Å². The number of pyridine rings is 1. The van der Waals surface area contributed by atoms with Crippen LogP contribution in [0.1, 0.15) is 11.1 Å². The van der Waals surface area contributed by atoms with E-state index in [-0.39, 0.29) is 12.3 Å². The van der Waals surface area contributed by atoms with Crippen molar-refractivity contribution in [1.82, 2.24) is 4.98 Å². The Hall–Kier alpha value is -3.12. The Morgan fingerprint density at radius 3 is 3.00 bits per heavy atom. The Morgan fingerprint density at radius 2 is 2.08 bits per heavy atom. The van der Waals surface area contributed by atoms with Gasteiger partial charge in [0.1, 0.15) is 5.75 Å². The molecule has 0 radical (unpaired) electrons. The number of aromatic nitrogens is 1. The van der Waals surface area contributed by atoms with Crippen molar-refractivity contribution < 1.29 is 14.5 Å². The van der Waals surface area contributed by atoms with Crippen LogP contribution < -0.4 is 9.97 Å². The van der Waals surface area contributed by atoms with Crippen molar-refractivity contribution in [2.75, 3.05) is 5.32 Å². The molecule has 0 atom stereocenters. The van der Waals surface area contributed by atoms with E-state index in [0.29, 0.717) is 5.75 Å². The Balaban J connectivity index is 1.48. The van der Waals surface area contributed by atoms with Crippen molar-refractivity contribution >= 4 is 35.6 Å². The summed E-state index contributed by atoms with van der Waals surface area (Å²) in [5.74, 6) is 2.04. The monoisotopic (exact) mass is 330 g/mol. The minimum atomic E-state index is -0.941. The summed E-state index contributed by atoms with van der Waals surface area (Å²) in [4.78, 5) is 16.4. The summed E-state index contributed by atoms with van der Waals surface area (Å²) < 4.78 is 5.35. The molecule has 4 rings (SSSR count). The van der Waals surface area contributed by atoms with Crippen molar-refractivity contribution in [1.29, 1.82) is 0 Å². The van der Waals surface area contributed by atoms with Gasteiger partial charge in [-0.1, -0.05) is 24.3 Å². The maximum absolute atomic E-state index is 12.3. The summed E-state index contributed by atoms with van der Waals surface area (Å²) in [6.45, 7) is 0. The number of carbonyl (C=O) groups excluding carboxylic acids is 1. The van der Waals surface area contributed by atoms with E-state index in [1.807, 2.05) is 36.4 Å². The molecule has 0 unspecified atom stereocenters. The molecule has 0 bridgehead atoms. The molecule has 0 fully saturated rings. The fourth-order valence-corrected chi connectivity index (χ4v) is 2.84. The lowest BCUT2D eigenvalue weighted by atomic mass is 9.86. The highest BCUT2D eigenvalue weighted by atomic mass is 16.5. The molecular weight excluding hydrogens is 315 g/mol. The second kappa shape index (κ2) is 6.41. The zero-order valence-corrected chi connectivity index (χ0v) is 13.3. The molecule has 0 spiro atoms. The van der Waals surface area contributed by atoms with E-state index in [1.54, 1.807) is 30.5 Å². The van der Waals surface area contributed by atoms with Crippen molar-refractivity contribution in [2.45, 2.75) is 6.42 Å². The average Bonchev–Trinajstić information content (AvgIpc) is 2.61. The summed E-state index contributed by atoms with van der Waals surface area (Å²) >= 11 is 0. The Labute approximate surface area is 145 Å². The zero-order chi connectivity index (χ0) is 17.2. The molecule has 5 nitrogen and oxygen atoms in total. The predicted octanol–water partition coefficient (Wildman–Crippen LogP) is 2.84. The van der Waals surface area contributed by atoms with Crippen LogP contribution in [0.25, 0.3) is 16.8 Å². The number of benzene rings is 2. The number of anilines is 1. The van der Waals surface area contributed by atoms with Gasteiger partial charge in [0.15, 0.2) is 0 Å². The maximum atomic E-state index is 12.3. The van der Waals surface area contributed by atoms with Crippen LogP contribution >= 0.6 is 0 Å². The number of nitrogens with zero attached hydrogens (tertiary/aromatic N) is 1. The van der Waals surface area contributed by atoms with Crippen molar-refractivity contribution in [3.8, 4) is 5.75 Å². The van der Waals surface area contributed by atoms with Gasteiger partial charge < -0.3 is 15.0 Å². The van der Waals surface area contributed by atoms with Gasteiger partial charge in [0.25, 0.3) is 0 Å². The Morgan fingerprint density at radius 1 is 1.16 bits per heavy atom. The van der Waals surface area contributed by atoms with Crippen LogP contribution in [0.4, 0.5) is 5.69 Å². The summed E-state index contributed by atoms with van der Waals surface area (Å²) in [5, 5.41) is 14.5. The first kappa shape index (κ1) is 15.4. The number of carbonyl (C=O) groups is 1. The third-order valence-electron chi connectivity index (χ3n) is 4.06. The molecule has 1 aromatic heterocycles. The molecule has 2 N–H and O–H groups in total. The lowest BCUT2D eigenvalue weighted by Crippen LogP contribution is -2.22. The fraction of sp³-hybridized carbons (Fsp3) is 0.0526. The van der Waals surface area contributed by atoms with E-state index < -0.39 is 7.12 Å². The molecule has 1 amide bonds. The van der Waals surface area contributed by atoms with Crippen molar-refractivity contribution in [3.05, 3.63) is 72.0 Å². The number of hydrogen-bond acceptors (Lipinski definition) is 4. The first-order valence-electron chi connectivity index (χ1n) is 7.97. The van der Waals surface area contributed by atoms with Crippen LogP contribution in [0.15, 0.2) is 60.8 Å². The van der Waals surface area contributed by atoms with Gasteiger partial charge in [-0.05, 0) is 41.2 Å². The minimum absolute atomic E-state index is 0.111. The molecular formula is C19H15BN2O3. The summed E-state index contributed by atoms with van der Waals surface area (Å²) in [7, 11) is -0.941. The van der Waals surface area contributed by atoms with Crippen LogP contribution in [0, 0.1) is 0 Å². The van der Waals surface area contributed by atoms with Gasteiger partial charge in [-0.15, -0.1) is 0 Å². The summed E-state index contributed by atoms with van der Waals surface area (Å²) in [6, 6.07) is 13.2. The molecule has 25 heavy (non-hydrogen) atoms. The van der Waals surface area contributed by atoms with Gasteiger partial charge in [0.05, 0.1) is 6.42 Å². The van der Waals surface area contributed by atoms with Crippen molar-refractivity contribution in [2.24, 2.45) is 0 Å². The number of amides is 1. The first-order chi connectivity index (χ1) is 12.2. The van der Waals surface area contributed by atoms with E-state index >= 15 is 0 Å². The smallest absolute Gasteiger partial charge is 0.532 e. The minimum Gasteiger partial charge on any atom is -0.532 e. The topological polar surface area (TPSA) is 71.5 Å². The molecule has 0 saturated heterocycles. The molecule has 6 heteroatoms. The molecule has 122 valence electrons. The van der Waals surface area contributed by atoms with Gasteiger partial charge in [-0.2, -0.15) is 0 Å². The molecule has 1 aliphatic rings. The van der Waals surface area contributed by atoms with E-state index in [1.165, 1.54) is 0 Å². The summed E-state index contributed by atoms with van der Waals surface area (Å²) in [6.07, 6.45) is 5.54. The van der Waals surface area contributed by atoms with Gasteiger partial charge in [0.2, 0.25) is 5.91 Å². The molecule has 3 aromatic rings. The molecule has 0 saturated carbocycles. The largest absolute Gasteiger partial charge is 0.552 e. The predicted molar refractivity (Wildman–Crippen MR) is 98.2 cm³/mol. The molecule has 0 aliphatic carbocycles. The highest BCUT2D eigenvalue weighted by Crippen LogP contribution is 2.26. The summed E-state index contributed by atoms with van der Waals surface area (Å²) in [5.41, 5.74) is 2.46. The molecule has 2 aromatic carbocycles. The quantitative estimate of drug-likeness (QED) is 0.725. The zero-order valence-electron chi connectivity index (χ0n) is 13.3. The van der Waals surface area contributed by atoms with E-state index in [9.17, 15) is 9.82 Å². The van der Waals surface area contributed by atoms with E-state index in [4.69, 9.17) is 4.65 Å². The van der Waals surface area contributed by atoms with Crippen molar-refractivity contribution in [3.63, 3.8) is 0 Å². The third kappa shape index (κ3) is 3.39. The van der Waals surface area contributed by atoms with Crippen LogP contribution in [-0.4, -0.2) is 23.0 Å². The lowest BCUT2D eigenvalue weighted by Gasteiger charge is -2.16. The first-order valence-corrected chi connectivity index (χ1v) is 7.97. The second-order valence-electron chi connectivity index (χ2n) is 5.90. The van der Waals surface area contributed by atoms with Gasteiger partial charge in [-0.3, -0.25) is 9.78 Å². The highest BCUT2D eigenvalue weighted by Gasteiger charge is 2.18. The fourth-order valence-electron chi connectivity index (χ4n) is 2.84. The van der Waals surface area contributed by atoms with Crippen LogP contribution in [0.3, 0.4) is 0 Å². The molecule has 1 aliphatic heterocycles. The van der Waals surface area contributed by atoms with Crippen LogP contribution in [0.5, 0.6) is 5.75 Å². The van der Waals surface area contributed by atoms with E-state index in [0.717, 1.165) is 27.6 Å². The SMILES string of the molecule is O=C(Cc1ccc2c(c1)OB(O)C=C2)Nc1ccc2cnccc2c1. The van der Waals surface area contributed by atoms with Gasteiger partial charge in [0, 0.05) is 29.0 Å². The number of nitrogens with one attached hydrogen (secondary N) is 1. The van der Waals surface area contributed by atoms with E-state index in [2.05, 4.69) is 10.3 Å². The molecule has 2 heterocycles. The number of rotatable bonds is 3. The Kier molecular flexibility index (Phi) is 3.95. The van der Waals surface area contributed by atoms with Crippen LogP contribution in [0.2, 0.25) is 0 Å². The Bertz CT molecular complexity index is 987. The normalized spacial score (nSPS) is 12.6. The third-order valence-corrected chi connectivity index (χ3v) is 4.06. The maximum Gasteiger partial charge on any atom is 0.552 e. The number of hydrogen-bond donors (Lipinski definition) is 2.